The molecule has 2 rings (SSSR count). The van der Waals surface area contributed by atoms with Crippen molar-refractivity contribution in [3.05, 3.63) is 58.1 Å². The minimum absolute atomic E-state index is 0.284. The van der Waals surface area contributed by atoms with Crippen molar-refractivity contribution in [3.63, 3.8) is 0 Å². The van der Waals surface area contributed by atoms with E-state index in [1.807, 2.05) is 18.2 Å². The van der Waals surface area contributed by atoms with Crippen LogP contribution in [-0.4, -0.2) is 14.2 Å². The fraction of sp³-hybridized carbons (Fsp3) is 0.294. The first-order valence-electron chi connectivity index (χ1n) is 6.83. The highest BCUT2D eigenvalue weighted by Gasteiger charge is 2.07. The highest BCUT2D eigenvalue weighted by atomic mass is 79.9. The third-order valence-corrected chi connectivity index (χ3v) is 3.96. The van der Waals surface area contributed by atoms with E-state index in [1.165, 1.54) is 5.56 Å². The van der Waals surface area contributed by atoms with Gasteiger partial charge in [0.1, 0.15) is 0 Å². The topological polar surface area (TPSA) is 30.5 Å². The van der Waals surface area contributed by atoms with Crippen LogP contribution in [0.4, 0.5) is 0 Å². The molecule has 2 aromatic rings. The summed E-state index contributed by atoms with van der Waals surface area (Å²) in [5, 5.41) is 3.51. The lowest BCUT2D eigenvalue weighted by atomic mass is 10.1. The largest absolute Gasteiger partial charge is 0.493 e. The maximum Gasteiger partial charge on any atom is 0.161 e. The molecule has 112 valence electrons. The Hall–Kier alpha value is -1.52. The van der Waals surface area contributed by atoms with Crippen LogP contribution < -0.4 is 14.8 Å². The molecule has 0 radical (unpaired) electrons. The summed E-state index contributed by atoms with van der Waals surface area (Å²) in [4.78, 5) is 0. The molecule has 0 spiro atoms. The van der Waals surface area contributed by atoms with E-state index in [2.05, 4.69) is 52.4 Å². The van der Waals surface area contributed by atoms with Gasteiger partial charge in [-0.2, -0.15) is 0 Å². The van der Waals surface area contributed by atoms with E-state index in [0.717, 1.165) is 28.1 Å². The maximum atomic E-state index is 5.32. The zero-order valence-corrected chi connectivity index (χ0v) is 14.1. The second-order valence-electron chi connectivity index (χ2n) is 4.84. The van der Waals surface area contributed by atoms with Gasteiger partial charge in [0.2, 0.25) is 0 Å². The van der Waals surface area contributed by atoms with E-state index in [0.29, 0.717) is 0 Å². The SMILES string of the molecule is COc1ccc(CN[C@H](C)c2ccc(Br)cc2)cc1OC. The first kappa shape index (κ1) is 15.9. The third kappa shape index (κ3) is 4.22. The van der Waals surface area contributed by atoms with E-state index >= 15 is 0 Å². The lowest BCUT2D eigenvalue weighted by Gasteiger charge is -2.15. The molecule has 1 N–H and O–H groups in total. The number of hydrogen-bond acceptors (Lipinski definition) is 3. The molecule has 1 atom stereocenters. The average molecular weight is 350 g/mol. The standard InChI is InChI=1S/C17H20BrNO2/c1-12(14-5-7-15(18)8-6-14)19-11-13-4-9-16(20-2)17(10-13)21-3/h4-10,12,19H,11H2,1-3H3/t12-/m1/s1. The summed E-state index contributed by atoms with van der Waals surface area (Å²) in [6.45, 7) is 2.93. The highest BCUT2D eigenvalue weighted by molar-refractivity contribution is 9.10. The number of halogens is 1. The predicted molar refractivity (Wildman–Crippen MR) is 88.9 cm³/mol. The Morgan fingerprint density at radius 2 is 1.67 bits per heavy atom. The van der Waals surface area contributed by atoms with E-state index in [4.69, 9.17) is 9.47 Å². The van der Waals surface area contributed by atoms with E-state index in [-0.39, 0.29) is 6.04 Å². The van der Waals surface area contributed by atoms with E-state index in [9.17, 15) is 0 Å². The first-order chi connectivity index (χ1) is 10.1. The van der Waals surface area contributed by atoms with Crippen molar-refractivity contribution < 1.29 is 9.47 Å². The molecule has 0 bridgehead atoms. The van der Waals surface area contributed by atoms with Gasteiger partial charge in [-0.05, 0) is 42.3 Å². The molecule has 0 aromatic heterocycles. The van der Waals surface area contributed by atoms with Crippen LogP contribution in [0.3, 0.4) is 0 Å². The second-order valence-corrected chi connectivity index (χ2v) is 5.76. The number of rotatable bonds is 6. The van der Waals surface area contributed by atoms with Gasteiger partial charge < -0.3 is 14.8 Å². The van der Waals surface area contributed by atoms with Crippen LogP contribution in [0, 0.1) is 0 Å². The van der Waals surface area contributed by atoms with Crippen LogP contribution in [0.5, 0.6) is 11.5 Å². The lowest BCUT2D eigenvalue weighted by molar-refractivity contribution is 0.354. The quantitative estimate of drug-likeness (QED) is 0.842. The first-order valence-corrected chi connectivity index (χ1v) is 7.63. The number of ether oxygens (including phenoxy) is 2. The number of methoxy groups -OCH3 is 2. The van der Waals surface area contributed by atoms with Gasteiger partial charge >= 0.3 is 0 Å². The average Bonchev–Trinajstić information content (AvgIpc) is 2.52. The Morgan fingerprint density at radius 1 is 1.00 bits per heavy atom. The van der Waals surface area contributed by atoms with Gasteiger partial charge in [-0.3, -0.25) is 0 Å². The smallest absolute Gasteiger partial charge is 0.161 e. The van der Waals surface area contributed by atoms with Crippen molar-refractivity contribution in [3.8, 4) is 11.5 Å². The van der Waals surface area contributed by atoms with Crippen molar-refractivity contribution in [2.75, 3.05) is 14.2 Å². The molecular weight excluding hydrogens is 330 g/mol. The van der Waals surface area contributed by atoms with Gasteiger partial charge in [0.15, 0.2) is 11.5 Å². The van der Waals surface area contributed by atoms with E-state index < -0.39 is 0 Å². The molecular formula is C17H20BrNO2. The van der Waals surface area contributed by atoms with Crippen LogP contribution in [-0.2, 0) is 6.54 Å². The predicted octanol–water partition coefficient (Wildman–Crippen LogP) is 4.32. The van der Waals surface area contributed by atoms with Crippen molar-refractivity contribution in [1.29, 1.82) is 0 Å². The van der Waals surface area contributed by atoms with E-state index in [1.54, 1.807) is 14.2 Å². The molecule has 0 saturated carbocycles. The summed E-state index contributed by atoms with van der Waals surface area (Å²) < 4.78 is 11.7. The number of hydrogen-bond donors (Lipinski definition) is 1. The van der Waals surface area contributed by atoms with Crippen molar-refractivity contribution in [2.24, 2.45) is 0 Å². The Balaban J connectivity index is 2.00. The lowest BCUT2D eigenvalue weighted by Crippen LogP contribution is -2.18. The van der Waals surface area contributed by atoms with Gasteiger partial charge in [0, 0.05) is 17.1 Å². The van der Waals surface area contributed by atoms with Gasteiger partial charge in [-0.15, -0.1) is 0 Å². The maximum absolute atomic E-state index is 5.32. The molecule has 3 nitrogen and oxygen atoms in total. The molecule has 0 fully saturated rings. The molecule has 0 aliphatic rings. The zero-order chi connectivity index (χ0) is 15.2. The Morgan fingerprint density at radius 3 is 2.29 bits per heavy atom. The molecule has 0 unspecified atom stereocenters. The van der Waals surface area contributed by atoms with Crippen LogP contribution in [0.15, 0.2) is 46.9 Å². The zero-order valence-electron chi connectivity index (χ0n) is 12.5. The summed E-state index contributed by atoms with van der Waals surface area (Å²) >= 11 is 3.45. The Kier molecular flexibility index (Phi) is 5.65. The second kappa shape index (κ2) is 7.48. The third-order valence-electron chi connectivity index (χ3n) is 3.43. The number of nitrogens with one attached hydrogen (secondary N) is 1. The summed E-state index contributed by atoms with van der Waals surface area (Å²) in [6, 6.07) is 14.6. The Labute approximate surface area is 134 Å². The molecule has 21 heavy (non-hydrogen) atoms. The van der Waals surface area contributed by atoms with Gasteiger partial charge in [0.25, 0.3) is 0 Å². The molecule has 0 aliphatic heterocycles. The molecule has 0 heterocycles. The van der Waals surface area contributed by atoms with Gasteiger partial charge in [0.05, 0.1) is 14.2 Å². The van der Waals surface area contributed by atoms with Gasteiger partial charge in [-0.1, -0.05) is 34.1 Å². The fourth-order valence-corrected chi connectivity index (χ4v) is 2.40. The van der Waals surface area contributed by atoms with Crippen LogP contribution in [0.2, 0.25) is 0 Å². The number of benzene rings is 2. The summed E-state index contributed by atoms with van der Waals surface area (Å²) in [5.74, 6) is 1.51. The molecule has 4 heteroatoms. The highest BCUT2D eigenvalue weighted by Crippen LogP contribution is 2.27. The van der Waals surface area contributed by atoms with Crippen LogP contribution in [0.1, 0.15) is 24.1 Å². The fourth-order valence-electron chi connectivity index (χ4n) is 2.13. The van der Waals surface area contributed by atoms with Gasteiger partial charge in [-0.25, -0.2) is 0 Å². The summed E-state index contributed by atoms with van der Waals surface area (Å²) in [6.07, 6.45) is 0. The summed E-state index contributed by atoms with van der Waals surface area (Å²) in [7, 11) is 3.30. The minimum atomic E-state index is 0.284. The van der Waals surface area contributed by atoms with Crippen molar-refractivity contribution in [2.45, 2.75) is 19.5 Å². The molecule has 0 aliphatic carbocycles. The normalized spacial score (nSPS) is 12.0. The van der Waals surface area contributed by atoms with Crippen molar-refractivity contribution in [1.82, 2.24) is 5.32 Å². The molecule has 0 amide bonds. The Bertz CT molecular complexity index is 584. The molecule has 0 saturated heterocycles. The molecule has 2 aromatic carbocycles. The van der Waals surface area contributed by atoms with Crippen LogP contribution >= 0.6 is 15.9 Å². The summed E-state index contributed by atoms with van der Waals surface area (Å²) in [5.41, 5.74) is 2.43. The van der Waals surface area contributed by atoms with Crippen LogP contribution in [0.25, 0.3) is 0 Å². The minimum Gasteiger partial charge on any atom is -0.493 e. The monoisotopic (exact) mass is 349 g/mol. The van der Waals surface area contributed by atoms with Crippen molar-refractivity contribution >= 4 is 15.9 Å².